The van der Waals surface area contributed by atoms with Crippen molar-refractivity contribution in [3.8, 4) is 22.6 Å². The van der Waals surface area contributed by atoms with Gasteiger partial charge in [0.05, 0.1) is 46.4 Å². The van der Waals surface area contributed by atoms with E-state index < -0.39 is 17.1 Å². The molecular weight excluding hydrogens is 574 g/mol. The lowest BCUT2D eigenvalue weighted by molar-refractivity contribution is -0.0834. The standard InChI is InChI=1S/C34H39N5O6/c1-32(2,42)19-44-23-7-9-27-26(17-37-39(27)18-23)31(41)38-22-12-34(13-22)14-24(15-34)45-28-11-20(5-8-25(28)30(35)40)21-6-10-29(36-16-21)33(3,4)43/h5-11,16-18,22,24,42-43H,12-15,19H2,1-4H3,(H2,35,40)(H,38,41). The van der Waals surface area contributed by atoms with Gasteiger partial charge in [-0.3, -0.25) is 14.6 Å². The molecule has 6 rings (SSSR count). The van der Waals surface area contributed by atoms with Crippen molar-refractivity contribution in [2.75, 3.05) is 6.61 Å². The summed E-state index contributed by atoms with van der Waals surface area (Å²) < 4.78 is 13.5. The number of aliphatic hydroxyl groups is 2. The molecule has 3 aromatic heterocycles. The number of nitrogens with two attached hydrogens (primary N) is 1. The number of carbonyl (C=O) groups is 2. The molecule has 11 heteroatoms. The zero-order chi connectivity index (χ0) is 32.1. The average Bonchev–Trinajstić information content (AvgIpc) is 3.36. The molecule has 236 valence electrons. The minimum Gasteiger partial charge on any atom is -0.490 e. The number of carbonyl (C=O) groups excluding carboxylic acids is 2. The molecule has 0 saturated heterocycles. The van der Waals surface area contributed by atoms with Crippen LogP contribution in [0.2, 0.25) is 0 Å². The van der Waals surface area contributed by atoms with Crippen molar-refractivity contribution in [3.63, 3.8) is 0 Å². The molecule has 0 atom stereocenters. The van der Waals surface area contributed by atoms with Gasteiger partial charge in [0.1, 0.15) is 23.7 Å². The van der Waals surface area contributed by atoms with Crippen molar-refractivity contribution >= 4 is 17.3 Å². The van der Waals surface area contributed by atoms with Crippen LogP contribution in [0.1, 0.15) is 79.8 Å². The Hall–Kier alpha value is -4.48. The Bertz CT molecular complexity index is 1740. The van der Waals surface area contributed by atoms with Crippen LogP contribution in [0.3, 0.4) is 0 Å². The van der Waals surface area contributed by atoms with Gasteiger partial charge in [-0.25, -0.2) is 4.52 Å². The zero-order valence-corrected chi connectivity index (χ0v) is 25.9. The van der Waals surface area contributed by atoms with Crippen molar-refractivity contribution < 1.29 is 29.3 Å². The van der Waals surface area contributed by atoms with Crippen LogP contribution in [0.25, 0.3) is 16.6 Å². The van der Waals surface area contributed by atoms with Crippen LogP contribution in [0, 0.1) is 5.41 Å². The minimum atomic E-state index is -1.04. The van der Waals surface area contributed by atoms with Gasteiger partial charge in [-0.1, -0.05) is 12.1 Å². The molecule has 45 heavy (non-hydrogen) atoms. The van der Waals surface area contributed by atoms with E-state index in [0.29, 0.717) is 33.8 Å². The Morgan fingerprint density at radius 1 is 1.00 bits per heavy atom. The number of amides is 2. The van der Waals surface area contributed by atoms with Crippen molar-refractivity contribution in [1.82, 2.24) is 19.9 Å². The summed E-state index contributed by atoms with van der Waals surface area (Å²) in [6, 6.07) is 12.6. The Kier molecular flexibility index (Phi) is 7.57. The highest BCUT2D eigenvalue weighted by molar-refractivity contribution is 6.00. The SMILES string of the molecule is CC(C)(O)COc1ccc2c(C(=O)NC3CC4(C3)CC(Oc3cc(-c5ccc(C(C)(C)O)nc5)ccc3C(N)=O)C4)cnn2c1. The Morgan fingerprint density at radius 2 is 1.73 bits per heavy atom. The predicted molar refractivity (Wildman–Crippen MR) is 167 cm³/mol. The average molecular weight is 614 g/mol. The van der Waals surface area contributed by atoms with Gasteiger partial charge in [-0.2, -0.15) is 5.10 Å². The molecular formula is C34H39N5O6. The largest absolute Gasteiger partial charge is 0.490 e. The number of nitrogens with one attached hydrogen (secondary N) is 1. The Morgan fingerprint density at radius 3 is 2.38 bits per heavy atom. The molecule has 0 radical (unpaired) electrons. The lowest BCUT2D eigenvalue weighted by atomic mass is 9.53. The fourth-order valence-electron chi connectivity index (χ4n) is 6.27. The summed E-state index contributed by atoms with van der Waals surface area (Å²) in [5, 5.41) is 27.6. The van der Waals surface area contributed by atoms with Crippen LogP contribution in [-0.4, -0.2) is 61.0 Å². The van der Waals surface area contributed by atoms with Crippen LogP contribution in [-0.2, 0) is 5.60 Å². The summed E-state index contributed by atoms with van der Waals surface area (Å²) >= 11 is 0. The number of rotatable bonds is 10. The normalized spacial score (nSPS) is 21.2. The van der Waals surface area contributed by atoms with Gasteiger partial charge in [0.15, 0.2) is 0 Å². The number of primary amides is 1. The van der Waals surface area contributed by atoms with Gasteiger partial charge in [0.2, 0.25) is 0 Å². The first-order valence-electron chi connectivity index (χ1n) is 15.1. The minimum absolute atomic E-state index is 0.0573. The highest BCUT2D eigenvalue weighted by atomic mass is 16.5. The van der Waals surface area contributed by atoms with E-state index >= 15 is 0 Å². The maximum atomic E-state index is 13.1. The number of benzene rings is 1. The van der Waals surface area contributed by atoms with E-state index in [1.165, 1.54) is 0 Å². The topological polar surface area (TPSA) is 161 Å². The summed E-state index contributed by atoms with van der Waals surface area (Å²) in [5.41, 5.74) is 7.47. The number of fused-ring (bicyclic) bond motifs is 1. The predicted octanol–water partition coefficient (Wildman–Crippen LogP) is 3.99. The van der Waals surface area contributed by atoms with Crippen molar-refractivity contribution in [2.24, 2.45) is 11.1 Å². The van der Waals surface area contributed by atoms with Gasteiger partial charge in [-0.05, 0) is 94.7 Å². The maximum absolute atomic E-state index is 13.1. The second-order valence-electron chi connectivity index (χ2n) is 13.6. The summed E-state index contributed by atoms with van der Waals surface area (Å²) in [5.74, 6) is 0.264. The molecule has 0 bridgehead atoms. The van der Waals surface area contributed by atoms with Crippen LogP contribution < -0.4 is 20.5 Å². The molecule has 1 aromatic carbocycles. The zero-order valence-electron chi connectivity index (χ0n) is 25.9. The monoisotopic (exact) mass is 613 g/mol. The number of aromatic nitrogens is 3. The van der Waals surface area contributed by atoms with Crippen molar-refractivity contribution in [1.29, 1.82) is 0 Å². The summed E-state index contributed by atoms with van der Waals surface area (Å²) in [4.78, 5) is 29.6. The first-order valence-corrected chi connectivity index (χ1v) is 15.1. The third-order valence-electron chi connectivity index (χ3n) is 8.61. The quantitative estimate of drug-likeness (QED) is 0.209. The smallest absolute Gasteiger partial charge is 0.255 e. The van der Waals surface area contributed by atoms with Gasteiger partial charge >= 0.3 is 0 Å². The van der Waals surface area contributed by atoms with E-state index in [-0.39, 0.29) is 30.1 Å². The summed E-state index contributed by atoms with van der Waals surface area (Å²) in [6.07, 6.45) is 8.24. The number of hydrogen-bond donors (Lipinski definition) is 4. The Balaban J connectivity index is 1.04. The van der Waals surface area contributed by atoms with Crippen LogP contribution in [0.5, 0.6) is 11.5 Å². The van der Waals surface area contributed by atoms with Gasteiger partial charge < -0.3 is 30.7 Å². The summed E-state index contributed by atoms with van der Waals surface area (Å²) in [7, 11) is 0. The van der Waals surface area contributed by atoms with E-state index in [9.17, 15) is 19.8 Å². The Labute approximate surface area is 261 Å². The second kappa shape index (κ2) is 11.1. The molecule has 3 heterocycles. The molecule has 1 spiro atoms. The van der Waals surface area contributed by atoms with Gasteiger partial charge in [-0.15, -0.1) is 0 Å². The first-order chi connectivity index (χ1) is 21.2. The molecule has 2 aliphatic rings. The highest BCUT2D eigenvalue weighted by Crippen LogP contribution is 2.57. The number of pyridine rings is 2. The third-order valence-corrected chi connectivity index (χ3v) is 8.61. The van der Waals surface area contributed by atoms with Crippen LogP contribution >= 0.6 is 0 Å². The second-order valence-corrected chi connectivity index (χ2v) is 13.6. The fraction of sp³-hybridized carbons (Fsp3) is 0.412. The van der Waals surface area contributed by atoms with Gasteiger partial charge in [0.25, 0.3) is 11.8 Å². The van der Waals surface area contributed by atoms with E-state index in [4.69, 9.17) is 15.2 Å². The van der Waals surface area contributed by atoms with Crippen molar-refractivity contribution in [3.05, 3.63) is 77.9 Å². The van der Waals surface area contributed by atoms with Crippen molar-refractivity contribution in [2.45, 2.75) is 76.7 Å². The molecule has 11 nitrogen and oxygen atoms in total. The number of nitrogens with zero attached hydrogens (tertiary/aromatic N) is 3. The molecule has 4 aromatic rings. The molecule has 2 amide bonds. The molecule has 5 N–H and O–H groups in total. The van der Waals surface area contributed by atoms with E-state index in [1.807, 2.05) is 18.2 Å². The van der Waals surface area contributed by atoms with E-state index in [1.54, 1.807) is 75.1 Å². The third kappa shape index (κ3) is 6.50. The fourth-order valence-corrected chi connectivity index (χ4v) is 6.27. The highest BCUT2D eigenvalue weighted by Gasteiger charge is 2.54. The van der Waals surface area contributed by atoms with E-state index in [2.05, 4.69) is 15.4 Å². The van der Waals surface area contributed by atoms with Crippen LogP contribution in [0.15, 0.2) is 61.1 Å². The number of ether oxygens (including phenoxy) is 2. The molecule has 2 aliphatic carbocycles. The lowest BCUT2D eigenvalue weighted by Crippen LogP contribution is -2.58. The molecule has 0 unspecified atom stereocenters. The number of hydrogen-bond acceptors (Lipinski definition) is 8. The molecule has 2 fully saturated rings. The summed E-state index contributed by atoms with van der Waals surface area (Å²) in [6.45, 7) is 6.84. The van der Waals surface area contributed by atoms with Crippen LogP contribution in [0.4, 0.5) is 0 Å². The van der Waals surface area contributed by atoms with Gasteiger partial charge in [0, 0.05) is 17.8 Å². The lowest BCUT2D eigenvalue weighted by Gasteiger charge is -2.57. The maximum Gasteiger partial charge on any atom is 0.255 e. The molecule has 2 saturated carbocycles. The van der Waals surface area contributed by atoms with E-state index in [0.717, 1.165) is 36.8 Å². The first kappa shape index (κ1) is 30.5. The molecule has 0 aliphatic heterocycles.